The van der Waals surface area contributed by atoms with Crippen molar-refractivity contribution in [2.24, 2.45) is 0 Å². The van der Waals surface area contributed by atoms with Crippen LogP contribution in [0.5, 0.6) is 5.75 Å². The topological polar surface area (TPSA) is 99.0 Å². The summed E-state index contributed by atoms with van der Waals surface area (Å²) in [7, 11) is 0. The van der Waals surface area contributed by atoms with E-state index in [1.807, 2.05) is 32.0 Å². The predicted molar refractivity (Wildman–Crippen MR) is 125 cm³/mol. The van der Waals surface area contributed by atoms with Gasteiger partial charge in [-0.3, -0.25) is 14.0 Å². The molecule has 9 heteroatoms. The standard InChI is InChI=1S/C24H21N3O5S/c1-15-4-3-5-20(10-15)31-14-21(28)25-18-8-6-17(7-9-18)23(30)32-13-19-11-22(29)27-12-16(2)33-24(27)26-19/h3-12H,13-14H2,1-2H3,(H,25,28). The van der Waals surface area contributed by atoms with Crippen molar-refractivity contribution in [1.82, 2.24) is 9.38 Å². The minimum absolute atomic E-state index is 0.115. The molecule has 0 saturated heterocycles. The number of aryl methyl sites for hydroxylation is 2. The highest BCUT2D eigenvalue weighted by atomic mass is 32.1. The van der Waals surface area contributed by atoms with Gasteiger partial charge in [0.05, 0.1) is 11.3 Å². The summed E-state index contributed by atoms with van der Waals surface area (Å²) in [6.07, 6.45) is 1.72. The molecule has 0 aliphatic heterocycles. The average molecular weight is 464 g/mol. The second-order valence-electron chi connectivity index (χ2n) is 7.39. The van der Waals surface area contributed by atoms with Crippen LogP contribution in [0.25, 0.3) is 4.96 Å². The molecule has 0 radical (unpaired) electrons. The maximum atomic E-state index is 12.4. The third-order valence-corrected chi connectivity index (χ3v) is 5.55. The highest BCUT2D eigenvalue weighted by Crippen LogP contribution is 2.15. The number of rotatable bonds is 7. The number of anilines is 1. The highest BCUT2D eigenvalue weighted by molar-refractivity contribution is 7.16. The van der Waals surface area contributed by atoms with Crippen molar-refractivity contribution in [2.75, 3.05) is 11.9 Å². The minimum atomic E-state index is -0.556. The molecule has 0 aliphatic carbocycles. The molecule has 0 aliphatic rings. The number of hydrogen-bond donors (Lipinski definition) is 1. The van der Waals surface area contributed by atoms with E-state index < -0.39 is 5.97 Å². The number of aromatic nitrogens is 2. The monoisotopic (exact) mass is 463 g/mol. The van der Waals surface area contributed by atoms with Gasteiger partial charge in [0.25, 0.3) is 11.5 Å². The number of nitrogens with zero attached hydrogens (tertiary/aromatic N) is 2. The number of benzene rings is 2. The number of hydrogen-bond acceptors (Lipinski definition) is 7. The quantitative estimate of drug-likeness (QED) is 0.419. The number of thiazole rings is 1. The zero-order valence-corrected chi connectivity index (χ0v) is 18.8. The molecular formula is C24H21N3O5S. The zero-order chi connectivity index (χ0) is 23.4. The molecule has 0 saturated carbocycles. The van der Waals surface area contributed by atoms with E-state index in [1.54, 1.807) is 36.5 Å². The van der Waals surface area contributed by atoms with Gasteiger partial charge in [0.1, 0.15) is 12.4 Å². The predicted octanol–water partition coefficient (Wildman–Crippen LogP) is 3.75. The lowest BCUT2D eigenvalue weighted by atomic mass is 10.2. The van der Waals surface area contributed by atoms with Gasteiger partial charge < -0.3 is 14.8 Å². The number of nitrogens with one attached hydrogen (secondary N) is 1. The summed E-state index contributed by atoms with van der Waals surface area (Å²) < 4.78 is 12.2. The van der Waals surface area contributed by atoms with E-state index in [0.29, 0.717) is 27.7 Å². The SMILES string of the molecule is Cc1cccc(OCC(=O)Nc2ccc(C(=O)OCc3cc(=O)n4cc(C)sc4n3)cc2)c1. The Morgan fingerprint density at radius 2 is 1.88 bits per heavy atom. The lowest BCUT2D eigenvalue weighted by Gasteiger charge is -2.09. The highest BCUT2D eigenvalue weighted by Gasteiger charge is 2.11. The molecule has 8 nitrogen and oxygen atoms in total. The normalized spacial score (nSPS) is 10.7. The Kier molecular flexibility index (Phi) is 6.50. The third-order valence-electron chi connectivity index (χ3n) is 4.65. The third kappa shape index (κ3) is 5.64. The molecule has 0 spiro atoms. The van der Waals surface area contributed by atoms with Crippen LogP contribution in [0.4, 0.5) is 5.69 Å². The van der Waals surface area contributed by atoms with E-state index in [0.717, 1.165) is 10.4 Å². The van der Waals surface area contributed by atoms with Crippen molar-refractivity contribution in [3.63, 3.8) is 0 Å². The number of ether oxygens (including phenoxy) is 2. The Labute approximate surface area is 193 Å². The molecule has 2 aromatic carbocycles. The summed E-state index contributed by atoms with van der Waals surface area (Å²) >= 11 is 1.39. The van der Waals surface area contributed by atoms with E-state index in [4.69, 9.17) is 9.47 Å². The molecule has 2 heterocycles. The van der Waals surface area contributed by atoms with Gasteiger partial charge in [-0.2, -0.15) is 0 Å². The van der Waals surface area contributed by atoms with Gasteiger partial charge in [-0.05, 0) is 55.8 Å². The number of carbonyl (C=O) groups excluding carboxylic acids is 2. The van der Waals surface area contributed by atoms with E-state index in [1.165, 1.54) is 21.8 Å². The van der Waals surface area contributed by atoms with Gasteiger partial charge in [0.2, 0.25) is 0 Å². The molecule has 4 aromatic rings. The van der Waals surface area contributed by atoms with Crippen LogP contribution in [-0.2, 0) is 16.1 Å². The van der Waals surface area contributed by atoms with Crippen molar-refractivity contribution >= 4 is 33.9 Å². The summed E-state index contributed by atoms with van der Waals surface area (Å²) in [5.41, 5.74) is 2.04. The number of amides is 1. The second-order valence-corrected chi connectivity index (χ2v) is 8.60. The van der Waals surface area contributed by atoms with Gasteiger partial charge in [-0.1, -0.05) is 12.1 Å². The molecule has 0 fully saturated rings. The molecule has 0 unspecified atom stereocenters. The van der Waals surface area contributed by atoms with Crippen LogP contribution in [0.1, 0.15) is 26.5 Å². The number of esters is 1. The Morgan fingerprint density at radius 1 is 1.09 bits per heavy atom. The first-order chi connectivity index (χ1) is 15.9. The lowest BCUT2D eigenvalue weighted by molar-refractivity contribution is -0.118. The van der Waals surface area contributed by atoms with Crippen molar-refractivity contribution in [3.8, 4) is 5.75 Å². The van der Waals surface area contributed by atoms with Crippen LogP contribution in [-0.4, -0.2) is 27.9 Å². The van der Waals surface area contributed by atoms with Gasteiger partial charge in [0, 0.05) is 22.8 Å². The fourth-order valence-electron chi connectivity index (χ4n) is 3.10. The first-order valence-corrected chi connectivity index (χ1v) is 10.9. The van der Waals surface area contributed by atoms with E-state index in [-0.39, 0.29) is 24.7 Å². The van der Waals surface area contributed by atoms with Gasteiger partial charge >= 0.3 is 5.97 Å². The Morgan fingerprint density at radius 3 is 2.64 bits per heavy atom. The van der Waals surface area contributed by atoms with Gasteiger partial charge in [-0.25, -0.2) is 9.78 Å². The summed E-state index contributed by atoms with van der Waals surface area (Å²) in [6.45, 7) is 3.59. The first-order valence-electron chi connectivity index (χ1n) is 10.1. The molecule has 168 valence electrons. The number of fused-ring (bicyclic) bond motifs is 1. The van der Waals surface area contributed by atoms with Gasteiger partial charge in [-0.15, -0.1) is 11.3 Å². The van der Waals surface area contributed by atoms with E-state index in [2.05, 4.69) is 10.3 Å². The summed E-state index contributed by atoms with van der Waals surface area (Å²) in [6, 6.07) is 15.1. The maximum Gasteiger partial charge on any atom is 0.338 e. The molecule has 1 amide bonds. The van der Waals surface area contributed by atoms with Crippen LogP contribution in [0.3, 0.4) is 0 Å². The molecule has 2 aromatic heterocycles. The summed E-state index contributed by atoms with van der Waals surface area (Å²) in [5.74, 6) is -0.253. The molecule has 33 heavy (non-hydrogen) atoms. The smallest absolute Gasteiger partial charge is 0.338 e. The van der Waals surface area contributed by atoms with Crippen molar-refractivity contribution < 1.29 is 19.1 Å². The molecular weight excluding hydrogens is 442 g/mol. The van der Waals surface area contributed by atoms with Crippen molar-refractivity contribution in [2.45, 2.75) is 20.5 Å². The maximum absolute atomic E-state index is 12.4. The van der Waals surface area contributed by atoms with Crippen molar-refractivity contribution in [1.29, 1.82) is 0 Å². The molecule has 0 bridgehead atoms. The zero-order valence-electron chi connectivity index (χ0n) is 18.0. The Balaban J connectivity index is 1.30. The summed E-state index contributed by atoms with van der Waals surface area (Å²) in [4.78, 5) is 42.5. The lowest BCUT2D eigenvalue weighted by Crippen LogP contribution is -2.20. The van der Waals surface area contributed by atoms with Crippen LogP contribution in [0.15, 0.2) is 65.6 Å². The van der Waals surface area contributed by atoms with Crippen LogP contribution in [0.2, 0.25) is 0 Å². The van der Waals surface area contributed by atoms with E-state index in [9.17, 15) is 14.4 Å². The van der Waals surface area contributed by atoms with Crippen LogP contribution < -0.4 is 15.6 Å². The Bertz CT molecular complexity index is 1380. The van der Waals surface area contributed by atoms with E-state index >= 15 is 0 Å². The van der Waals surface area contributed by atoms with Crippen LogP contribution in [0, 0.1) is 13.8 Å². The van der Waals surface area contributed by atoms with Crippen LogP contribution >= 0.6 is 11.3 Å². The molecule has 1 N–H and O–H groups in total. The van der Waals surface area contributed by atoms with Gasteiger partial charge in [0.15, 0.2) is 11.6 Å². The minimum Gasteiger partial charge on any atom is -0.484 e. The fraction of sp³-hybridized carbons (Fsp3) is 0.167. The molecule has 4 rings (SSSR count). The largest absolute Gasteiger partial charge is 0.484 e. The van der Waals surface area contributed by atoms with Crippen molar-refractivity contribution in [3.05, 3.63) is 92.8 Å². The average Bonchev–Trinajstić information content (AvgIpc) is 3.17. The number of carbonyl (C=O) groups is 2. The fourth-order valence-corrected chi connectivity index (χ4v) is 3.95. The Hall–Kier alpha value is -3.98. The second kappa shape index (κ2) is 9.66. The summed E-state index contributed by atoms with van der Waals surface area (Å²) in [5, 5.41) is 2.71. The molecule has 0 atom stereocenters. The first kappa shape index (κ1) is 22.2.